The van der Waals surface area contributed by atoms with Crippen molar-refractivity contribution >= 4 is 23.0 Å². The molecule has 2 aromatic heterocycles. The van der Waals surface area contributed by atoms with Crippen molar-refractivity contribution in [2.75, 3.05) is 6.61 Å². The van der Waals surface area contributed by atoms with Crippen molar-refractivity contribution in [3.63, 3.8) is 0 Å². The molecule has 10 heteroatoms. The van der Waals surface area contributed by atoms with Crippen LogP contribution in [0.1, 0.15) is 19.4 Å². The van der Waals surface area contributed by atoms with Crippen LogP contribution in [0.4, 0.5) is 0 Å². The van der Waals surface area contributed by atoms with Gasteiger partial charge in [-0.2, -0.15) is 0 Å². The highest BCUT2D eigenvalue weighted by molar-refractivity contribution is 5.82. The van der Waals surface area contributed by atoms with Gasteiger partial charge in [0.2, 0.25) is 5.91 Å². The minimum atomic E-state index is -1.10. The van der Waals surface area contributed by atoms with Gasteiger partial charge in [0.25, 0.3) is 5.56 Å². The molecule has 1 amide bonds. The number of nitrogens with zero attached hydrogens (tertiary/aromatic N) is 2. The average Bonchev–Trinajstić information content (AvgIpc) is 3.28. The fourth-order valence-corrected chi connectivity index (χ4v) is 3.70. The number of rotatable bonds is 8. The second-order valence-electron chi connectivity index (χ2n) is 7.65. The standard InChI is InChI=1S/C24H23N5O5/c1-3-34-19-11-16(7-8-17(19)21-28-22-20(23(31)29-21)25-12-26-22)15-6-4-5-14(9-15)10-18(24(32)33)27-13(2)30/h4-9,11-12,18H,3,10H2,1-2H3,(H,27,30)(H,32,33)(H2,25,26,28,29,31)/t18-/m0/s1. The quantitative estimate of drug-likeness (QED) is 0.315. The van der Waals surface area contributed by atoms with Crippen molar-refractivity contribution in [2.45, 2.75) is 26.3 Å². The van der Waals surface area contributed by atoms with Crippen LogP contribution in [-0.4, -0.2) is 49.6 Å². The molecule has 174 valence electrons. The van der Waals surface area contributed by atoms with Crippen LogP contribution in [0.5, 0.6) is 5.75 Å². The number of aromatic amines is 2. The highest BCUT2D eigenvalue weighted by Crippen LogP contribution is 2.33. The van der Waals surface area contributed by atoms with Crippen molar-refractivity contribution in [1.29, 1.82) is 0 Å². The molecule has 0 spiro atoms. The second kappa shape index (κ2) is 9.57. The van der Waals surface area contributed by atoms with E-state index in [1.54, 1.807) is 0 Å². The smallest absolute Gasteiger partial charge is 0.326 e. The molecule has 0 aliphatic rings. The summed E-state index contributed by atoms with van der Waals surface area (Å²) in [6.07, 6.45) is 1.56. The monoisotopic (exact) mass is 461 g/mol. The van der Waals surface area contributed by atoms with Crippen molar-refractivity contribution in [1.82, 2.24) is 25.3 Å². The summed E-state index contributed by atoms with van der Waals surface area (Å²) in [5.41, 5.74) is 3.32. The maximum atomic E-state index is 12.3. The number of amides is 1. The molecule has 0 saturated heterocycles. The van der Waals surface area contributed by atoms with Crippen molar-refractivity contribution in [2.24, 2.45) is 0 Å². The lowest BCUT2D eigenvalue weighted by atomic mass is 9.98. The number of carbonyl (C=O) groups excluding carboxylic acids is 1. The second-order valence-corrected chi connectivity index (χ2v) is 7.65. The van der Waals surface area contributed by atoms with Gasteiger partial charge in [-0.3, -0.25) is 9.59 Å². The Morgan fingerprint density at radius 2 is 1.97 bits per heavy atom. The Balaban J connectivity index is 1.69. The summed E-state index contributed by atoms with van der Waals surface area (Å²) in [4.78, 5) is 49.2. The van der Waals surface area contributed by atoms with Gasteiger partial charge < -0.3 is 25.1 Å². The molecular weight excluding hydrogens is 438 g/mol. The van der Waals surface area contributed by atoms with Gasteiger partial charge in [-0.05, 0) is 35.7 Å². The molecule has 2 heterocycles. The van der Waals surface area contributed by atoms with E-state index in [1.165, 1.54) is 13.3 Å². The Morgan fingerprint density at radius 1 is 1.18 bits per heavy atom. The Bertz CT molecular complexity index is 1420. The zero-order chi connectivity index (χ0) is 24.2. The lowest BCUT2D eigenvalue weighted by Gasteiger charge is -2.15. The summed E-state index contributed by atoms with van der Waals surface area (Å²) in [5.74, 6) is -0.612. The first-order chi connectivity index (χ1) is 16.4. The molecule has 0 bridgehead atoms. The first kappa shape index (κ1) is 22.7. The number of aromatic nitrogens is 4. The van der Waals surface area contributed by atoms with E-state index in [-0.39, 0.29) is 17.5 Å². The van der Waals surface area contributed by atoms with Crippen LogP contribution in [-0.2, 0) is 16.0 Å². The zero-order valence-corrected chi connectivity index (χ0v) is 18.6. The fourth-order valence-electron chi connectivity index (χ4n) is 3.70. The van der Waals surface area contributed by atoms with Gasteiger partial charge in [0.1, 0.15) is 17.6 Å². The van der Waals surface area contributed by atoms with E-state index in [9.17, 15) is 19.5 Å². The van der Waals surface area contributed by atoms with E-state index < -0.39 is 17.9 Å². The number of benzene rings is 2. The number of hydrogen-bond donors (Lipinski definition) is 4. The summed E-state index contributed by atoms with van der Waals surface area (Å²) in [6.45, 7) is 3.55. The first-order valence-electron chi connectivity index (χ1n) is 10.7. The first-order valence-corrected chi connectivity index (χ1v) is 10.7. The van der Waals surface area contributed by atoms with Crippen LogP contribution >= 0.6 is 0 Å². The number of ether oxygens (including phenoxy) is 1. The third-order valence-electron chi connectivity index (χ3n) is 5.20. The molecule has 0 aliphatic carbocycles. The van der Waals surface area contributed by atoms with Gasteiger partial charge in [-0.1, -0.05) is 30.3 Å². The van der Waals surface area contributed by atoms with E-state index in [2.05, 4.69) is 25.3 Å². The number of H-pyrrole nitrogens is 2. The van der Waals surface area contributed by atoms with E-state index >= 15 is 0 Å². The minimum absolute atomic E-state index is 0.147. The van der Waals surface area contributed by atoms with Crippen LogP contribution in [0.25, 0.3) is 33.7 Å². The normalized spacial score (nSPS) is 11.8. The lowest BCUT2D eigenvalue weighted by Crippen LogP contribution is -2.41. The van der Waals surface area contributed by atoms with Gasteiger partial charge in [-0.25, -0.2) is 14.8 Å². The highest BCUT2D eigenvalue weighted by atomic mass is 16.5. The summed E-state index contributed by atoms with van der Waals surface area (Å²) >= 11 is 0. The van der Waals surface area contributed by atoms with E-state index in [1.807, 2.05) is 49.4 Å². The van der Waals surface area contributed by atoms with Crippen LogP contribution in [0.3, 0.4) is 0 Å². The maximum Gasteiger partial charge on any atom is 0.326 e. The molecule has 0 radical (unpaired) electrons. The molecule has 34 heavy (non-hydrogen) atoms. The third-order valence-corrected chi connectivity index (χ3v) is 5.20. The molecule has 1 atom stereocenters. The van der Waals surface area contributed by atoms with Gasteiger partial charge >= 0.3 is 5.97 Å². The number of carboxylic acids is 1. The molecular formula is C24H23N5O5. The number of hydrogen-bond acceptors (Lipinski definition) is 6. The largest absolute Gasteiger partial charge is 0.493 e. The minimum Gasteiger partial charge on any atom is -0.493 e. The molecule has 4 N–H and O–H groups in total. The van der Waals surface area contributed by atoms with Crippen LogP contribution in [0.2, 0.25) is 0 Å². The third kappa shape index (κ3) is 4.80. The zero-order valence-electron chi connectivity index (χ0n) is 18.6. The SMILES string of the molecule is CCOc1cc(-c2cccc(C[C@H](NC(C)=O)C(=O)O)c2)ccc1-c1nc2[nH]cnc2c(=O)[nH]1. The Labute approximate surface area is 194 Å². The van der Waals surface area contributed by atoms with Crippen LogP contribution in [0, 0.1) is 0 Å². The number of aliphatic carboxylic acids is 1. The molecule has 0 fully saturated rings. The summed E-state index contributed by atoms with van der Waals surface area (Å²) in [5, 5.41) is 11.9. The number of carbonyl (C=O) groups is 2. The molecule has 4 aromatic rings. The van der Waals surface area contributed by atoms with Gasteiger partial charge in [0.15, 0.2) is 11.2 Å². The molecule has 0 unspecified atom stereocenters. The fraction of sp³-hybridized carbons (Fsp3) is 0.208. The van der Waals surface area contributed by atoms with Crippen molar-refractivity contribution in [3.05, 3.63) is 64.7 Å². The molecule has 2 aromatic carbocycles. The van der Waals surface area contributed by atoms with Gasteiger partial charge in [-0.15, -0.1) is 0 Å². The highest BCUT2D eigenvalue weighted by Gasteiger charge is 2.19. The molecule has 10 nitrogen and oxygen atoms in total. The van der Waals surface area contributed by atoms with Gasteiger partial charge in [0.05, 0.1) is 18.5 Å². The topological polar surface area (TPSA) is 150 Å². The van der Waals surface area contributed by atoms with Crippen molar-refractivity contribution < 1.29 is 19.4 Å². The predicted molar refractivity (Wildman–Crippen MR) is 125 cm³/mol. The molecule has 4 rings (SSSR count). The molecule has 0 aliphatic heterocycles. The predicted octanol–water partition coefficient (Wildman–Crippen LogP) is 2.51. The summed E-state index contributed by atoms with van der Waals surface area (Å²) in [6, 6.07) is 11.9. The maximum absolute atomic E-state index is 12.3. The number of nitrogens with one attached hydrogen (secondary N) is 3. The van der Waals surface area contributed by atoms with Crippen LogP contribution in [0.15, 0.2) is 53.6 Å². The number of imidazole rings is 1. The van der Waals surface area contributed by atoms with E-state index in [4.69, 9.17) is 4.74 Å². The Morgan fingerprint density at radius 3 is 2.71 bits per heavy atom. The van der Waals surface area contributed by atoms with E-state index in [0.717, 1.165) is 16.7 Å². The average molecular weight is 461 g/mol. The number of fused-ring (bicyclic) bond motifs is 1. The number of carboxylic acid groups (broad SMARTS) is 1. The van der Waals surface area contributed by atoms with Gasteiger partial charge in [0, 0.05) is 13.3 Å². The summed E-state index contributed by atoms with van der Waals surface area (Å²) in [7, 11) is 0. The van der Waals surface area contributed by atoms with E-state index in [0.29, 0.717) is 29.4 Å². The Kier molecular flexibility index (Phi) is 6.39. The Hall–Kier alpha value is -4.47. The van der Waals surface area contributed by atoms with Crippen LogP contribution < -0.4 is 15.6 Å². The lowest BCUT2D eigenvalue weighted by molar-refractivity contribution is -0.141. The summed E-state index contributed by atoms with van der Waals surface area (Å²) < 4.78 is 5.84. The molecule has 0 saturated carbocycles. The van der Waals surface area contributed by atoms with Crippen molar-refractivity contribution in [3.8, 4) is 28.3 Å².